The van der Waals surface area contributed by atoms with Crippen LogP contribution in [0.1, 0.15) is 15.9 Å². The molecule has 0 saturated carbocycles. The Bertz CT molecular complexity index is 594. The van der Waals surface area contributed by atoms with Gasteiger partial charge in [-0.3, -0.25) is 0 Å². The van der Waals surface area contributed by atoms with E-state index in [1.165, 1.54) is 12.1 Å². The van der Waals surface area contributed by atoms with Gasteiger partial charge >= 0.3 is 5.97 Å². The molecule has 2 rings (SSSR count). The van der Waals surface area contributed by atoms with Gasteiger partial charge in [-0.15, -0.1) is 0 Å². The highest BCUT2D eigenvalue weighted by Crippen LogP contribution is 2.16. The number of anilines is 2. The lowest BCUT2D eigenvalue weighted by atomic mass is 10.2. The molecule has 0 unspecified atom stereocenters. The van der Waals surface area contributed by atoms with E-state index < -0.39 is 5.97 Å². The zero-order valence-corrected chi connectivity index (χ0v) is 10.9. The van der Waals surface area contributed by atoms with E-state index >= 15 is 0 Å². The topological polar surface area (TPSA) is 78.3 Å². The van der Waals surface area contributed by atoms with Crippen LogP contribution in [-0.2, 0) is 11.3 Å². The zero-order valence-electron chi connectivity index (χ0n) is 10.1. The van der Waals surface area contributed by atoms with Crippen LogP contribution in [0.15, 0.2) is 42.5 Å². The predicted octanol–water partition coefficient (Wildman–Crippen LogP) is 2.86. The van der Waals surface area contributed by atoms with Crippen molar-refractivity contribution in [2.24, 2.45) is 0 Å². The van der Waals surface area contributed by atoms with Crippen LogP contribution in [0.3, 0.4) is 0 Å². The molecule has 0 bridgehead atoms. The van der Waals surface area contributed by atoms with E-state index in [0.717, 1.165) is 5.56 Å². The monoisotopic (exact) mass is 276 g/mol. The molecule has 0 aliphatic heterocycles. The molecule has 0 amide bonds. The standard InChI is InChI=1S/C14H13ClN2O2/c15-11-3-1-2-9(4-11)8-19-14(18)10-5-12(16)7-13(17)6-10/h1-7H,8,16-17H2. The van der Waals surface area contributed by atoms with Crippen molar-refractivity contribution in [2.45, 2.75) is 6.61 Å². The van der Waals surface area contributed by atoms with E-state index in [1.807, 2.05) is 6.07 Å². The van der Waals surface area contributed by atoms with E-state index in [0.29, 0.717) is 22.0 Å². The SMILES string of the molecule is Nc1cc(N)cc(C(=O)OCc2cccc(Cl)c2)c1. The number of rotatable bonds is 3. The summed E-state index contributed by atoms with van der Waals surface area (Å²) in [6.07, 6.45) is 0. The lowest BCUT2D eigenvalue weighted by Gasteiger charge is -2.07. The lowest BCUT2D eigenvalue weighted by Crippen LogP contribution is -2.06. The maximum atomic E-state index is 11.8. The molecule has 4 nitrogen and oxygen atoms in total. The van der Waals surface area contributed by atoms with Crippen molar-refractivity contribution in [1.82, 2.24) is 0 Å². The molecule has 0 fully saturated rings. The number of hydrogen-bond donors (Lipinski definition) is 2. The fraction of sp³-hybridized carbons (Fsp3) is 0.0714. The molecule has 0 atom stereocenters. The van der Waals surface area contributed by atoms with Gasteiger partial charge in [0.15, 0.2) is 0 Å². The molecule has 0 spiro atoms. The molecular weight excluding hydrogens is 264 g/mol. The Morgan fingerprint density at radius 3 is 2.42 bits per heavy atom. The summed E-state index contributed by atoms with van der Waals surface area (Å²) in [6, 6.07) is 11.7. The molecule has 0 heterocycles. The van der Waals surface area contributed by atoms with Crippen molar-refractivity contribution in [3.63, 3.8) is 0 Å². The molecule has 0 aliphatic carbocycles. The average Bonchev–Trinajstić information content (AvgIpc) is 2.35. The highest BCUT2D eigenvalue weighted by molar-refractivity contribution is 6.30. The summed E-state index contributed by atoms with van der Waals surface area (Å²) in [5, 5.41) is 0.599. The number of esters is 1. The van der Waals surface area contributed by atoms with Gasteiger partial charge in [0, 0.05) is 16.4 Å². The normalized spacial score (nSPS) is 10.2. The molecule has 0 saturated heterocycles. The molecule has 2 aromatic carbocycles. The molecule has 19 heavy (non-hydrogen) atoms. The largest absolute Gasteiger partial charge is 0.457 e. The predicted molar refractivity (Wildman–Crippen MR) is 75.8 cm³/mol. The fourth-order valence-corrected chi connectivity index (χ4v) is 1.87. The Morgan fingerprint density at radius 1 is 1.11 bits per heavy atom. The summed E-state index contributed by atoms with van der Waals surface area (Å²) in [6.45, 7) is 0.147. The third-order valence-corrected chi connectivity index (χ3v) is 2.71. The van der Waals surface area contributed by atoms with Crippen molar-refractivity contribution in [3.8, 4) is 0 Å². The van der Waals surface area contributed by atoms with Crippen LogP contribution < -0.4 is 11.5 Å². The molecule has 4 N–H and O–H groups in total. The molecule has 98 valence electrons. The minimum atomic E-state index is -0.473. The molecule has 0 radical (unpaired) electrons. The highest BCUT2D eigenvalue weighted by Gasteiger charge is 2.09. The van der Waals surface area contributed by atoms with E-state index in [9.17, 15) is 4.79 Å². The summed E-state index contributed by atoms with van der Waals surface area (Å²) >= 11 is 5.85. The van der Waals surface area contributed by atoms with Crippen LogP contribution in [0.5, 0.6) is 0 Å². The molecule has 0 aliphatic rings. The van der Waals surface area contributed by atoms with Crippen LogP contribution in [0.25, 0.3) is 0 Å². The Morgan fingerprint density at radius 2 is 1.79 bits per heavy atom. The number of hydrogen-bond acceptors (Lipinski definition) is 4. The smallest absolute Gasteiger partial charge is 0.338 e. The molecule has 0 aromatic heterocycles. The summed E-state index contributed by atoms with van der Waals surface area (Å²) in [5.74, 6) is -0.473. The number of nitrogen functional groups attached to an aromatic ring is 2. The third kappa shape index (κ3) is 3.63. The maximum Gasteiger partial charge on any atom is 0.338 e. The first-order valence-electron chi connectivity index (χ1n) is 5.62. The Kier molecular flexibility index (Phi) is 3.92. The second kappa shape index (κ2) is 5.63. The quantitative estimate of drug-likeness (QED) is 0.667. The second-order valence-electron chi connectivity index (χ2n) is 4.09. The van der Waals surface area contributed by atoms with Crippen molar-refractivity contribution >= 4 is 28.9 Å². The first-order valence-corrected chi connectivity index (χ1v) is 6.00. The Hall–Kier alpha value is -2.20. The Balaban J connectivity index is 2.05. The number of ether oxygens (including phenoxy) is 1. The van der Waals surface area contributed by atoms with Crippen molar-refractivity contribution < 1.29 is 9.53 Å². The summed E-state index contributed by atoms with van der Waals surface area (Å²) in [7, 11) is 0. The van der Waals surface area contributed by atoms with Crippen LogP contribution >= 0.6 is 11.6 Å². The number of halogens is 1. The fourth-order valence-electron chi connectivity index (χ4n) is 1.65. The number of carbonyl (C=O) groups excluding carboxylic acids is 1. The van der Waals surface area contributed by atoms with Crippen LogP contribution in [0, 0.1) is 0 Å². The van der Waals surface area contributed by atoms with Gasteiger partial charge in [-0.2, -0.15) is 0 Å². The van der Waals surface area contributed by atoms with Gasteiger partial charge in [-0.1, -0.05) is 23.7 Å². The molecule has 2 aromatic rings. The van der Waals surface area contributed by atoms with E-state index in [2.05, 4.69) is 0 Å². The lowest BCUT2D eigenvalue weighted by molar-refractivity contribution is 0.0473. The van der Waals surface area contributed by atoms with Gasteiger partial charge in [-0.25, -0.2) is 4.79 Å². The first-order chi connectivity index (χ1) is 9.04. The van der Waals surface area contributed by atoms with Crippen LogP contribution in [-0.4, -0.2) is 5.97 Å². The van der Waals surface area contributed by atoms with Crippen LogP contribution in [0.2, 0.25) is 5.02 Å². The molecule has 5 heteroatoms. The average molecular weight is 277 g/mol. The van der Waals surface area contributed by atoms with Gasteiger partial charge < -0.3 is 16.2 Å². The van der Waals surface area contributed by atoms with Gasteiger partial charge in [0.05, 0.1) is 5.56 Å². The summed E-state index contributed by atoms with van der Waals surface area (Å²) in [5.41, 5.74) is 13.2. The highest BCUT2D eigenvalue weighted by atomic mass is 35.5. The summed E-state index contributed by atoms with van der Waals surface area (Å²) in [4.78, 5) is 11.8. The van der Waals surface area contributed by atoms with Gasteiger partial charge in [0.25, 0.3) is 0 Å². The third-order valence-electron chi connectivity index (χ3n) is 2.47. The second-order valence-corrected chi connectivity index (χ2v) is 4.53. The van der Waals surface area contributed by atoms with Gasteiger partial charge in [0.2, 0.25) is 0 Å². The molecular formula is C14H13ClN2O2. The van der Waals surface area contributed by atoms with E-state index in [-0.39, 0.29) is 6.61 Å². The van der Waals surface area contributed by atoms with Crippen LogP contribution in [0.4, 0.5) is 11.4 Å². The zero-order chi connectivity index (χ0) is 13.8. The summed E-state index contributed by atoms with van der Waals surface area (Å²) < 4.78 is 5.17. The van der Waals surface area contributed by atoms with Crippen molar-refractivity contribution in [1.29, 1.82) is 0 Å². The minimum Gasteiger partial charge on any atom is -0.457 e. The Labute approximate surface area is 115 Å². The minimum absolute atomic E-state index is 0.147. The number of nitrogens with two attached hydrogens (primary N) is 2. The first kappa shape index (κ1) is 13.2. The number of benzene rings is 2. The van der Waals surface area contributed by atoms with Gasteiger partial charge in [0.1, 0.15) is 6.61 Å². The van der Waals surface area contributed by atoms with Gasteiger partial charge in [-0.05, 0) is 35.9 Å². The van der Waals surface area contributed by atoms with Crippen molar-refractivity contribution in [3.05, 3.63) is 58.6 Å². The van der Waals surface area contributed by atoms with E-state index in [4.69, 9.17) is 27.8 Å². The maximum absolute atomic E-state index is 11.8. The number of carbonyl (C=O) groups is 1. The van der Waals surface area contributed by atoms with Crippen molar-refractivity contribution in [2.75, 3.05) is 11.5 Å². The van der Waals surface area contributed by atoms with E-state index in [1.54, 1.807) is 24.3 Å².